The van der Waals surface area contributed by atoms with Crippen LogP contribution < -0.4 is 14.2 Å². The number of thioether (sulfide) groups is 1. The standard InChI is InChI=1S/C33H32ClF3N2O6S2/c1-38(2)12-14-45-26-10-6-21(24-19-23(33(35,36)37)7-8-25(24)34)17-22(26)18-29-31(42)39(32(46)47-29)11-4-13-44-28-15-20(16-30(40)41)5-9-27(28)43-3/h5-10,15,17-19H,4,11-14,16H2,1-3H3,(H,40,41). The van der Waals surface area contributed by atoms with Crippen molar-refractivity contribution in [3.63, 3.8) is 0 Å². The van der Waals surface area contributed by atoms with Gasteiger partial charge >= 0.3 is 12.1 Å². The molecule has 0 bridgehead atoms. The fourth-order valence-corrected chi connectivity index (χ4v) is 6.10. The van der Waals surface area contributed by atoms with E-state index in [1.165, 1.54) is 18.1 Å². The monoisotopic (exact) mass is 708 g/mol. The van der Waals surface area contributed by atoms with E-state index in [1.54, 1.807) is 42.5 Å². The zero-order valence-electron chi connectivity index (χ0n) is 25.7. The van der Waals surface area contributed by atoms with Crippen molar-refractivity contribution in [3.05, 3.63) is 81.2 Å². The number of carbonyl (C=O) groups excluding carboxylic acids is 1. The SMILES string of the molecule is COc1ccc(CC(=O)O)cc1OCCCN1C(=O)C(=Cc2cc(-c3cc(C(F)(F)F)ccc3Cl)ccc2OCCN(C)C)SC1=S. The van der Waals surface area contributed by atoms with Crippen molar-refractivity contribution in [2.24, 2.45) is 0 Å². The number of hydrogen-bond acceptors (Lipinski definition) is 8. The predicted octanol–water partition coefficient (Wildman–Crippen LogP) is 7.27. The largest absolute Gasteiger partial charge is 0.493 e. The molecule has 8 nitrogen and oxygen atoms in total. The van der Waals surface area contributed by atoms with Gasteiger partial charge in [-0.05, 0) is 80.2 Å². The summed E-state index contributed by atoms with van der Waals surface area (Å²) in [6.45, 7) is 1.40. The molecule has 0 aromatic heterocycles. The maximum atomic E-state index is 13.5. The van der Waals surface area contributed by atoms with Crippen molar-refractivity contribution < 1.29 is 42.1 Å². The summed E-state index contributed by atoms with van der Waals surface area (Å²) >= 11 is 12.9. The lowest BCUT2D eigenvalue weighted by Gasteiger charge is -2.16. The number of halogens is 4. The lowest BCUT2D eigenvalue weighted by Crippen LogP contribution is -2.30. The van der Waals surface area contributed by atoms with Crippen molar-refractivity contribution in [1.29, 1.82) is 0 Å². The molecule has 1 fully saturated rings. The number of carbonyl (C=O) groups is 2. The number of thiocarbonyl (C=S) groups is 1. The molecule has 4 rings (SSSR count). The van der Waals surface area contributed by atoms with E-state index in [-0.39, 0.29) is 36.1 Å². The zero-order valence-corrected chi connectivity index (χ0v) is 28.1. The number of likely N-dealkylation sites (N-methyl/N-ethyl adjacent to an activating group) is 1. The molecule has 0 unspecified atom stereocenters. The molecule has 1 amide bonds. The van der Waals surface area contributed by atoms with Crippen LogP contribution in [0.3, 0.4) is 0 Å². The summed E-state index contributed by atoms with van der Waals surface area (Å²) in [5.41, 5.74) is 0.809. The van der Waals surface area contributed by atoms with E-state index in [2.05, 4.69) is 0 Å². The summed E-state index contributed by atoms with van der Waals surface area (Å²) < 4.78 is 57.9. The summed E-state index contributed by atoms with van der Waals surface area (Å²) in [6.07, 6.45) is -2.69. The lowest BCUT2D eigenvalue weighted by molar-refractivity contribution is -0.138. The van der Waals surface area contributed by atoms with E-state index in [4.69, 9.17) is 43.1 Å². The molecule has 1 heterocycles. The lowest BCUT2D eigenvalue weighted by atomic mass is 9.99. The number of methoxy groups -OCH3 is 1. The van der Waals surface area contributed by atoms with E-state index in [0.29, 0.717) is 62.7 Å². The van der Waals surface area contributed by atoms with Gasteiger partial charge in [0, 0.05) is 29.2 Å². The molecule has 3 aromatic rings. The third-order valence-electron chi connectivity index (χ3n) is 6.94. The number of carboxylic acids is 1. The minimum Gasteiger partial charge on any atom is -0.493 e. The molecular weight excluding hydrogens is 677 g/mol. The summed E-state index contributed by atoms with van der Waals surface area (Å²) in [7, 11) is 5.27. The number of benzene rings is 3. The van der Waals surface area contributed by atoms with Gasteiger partial charge in [-0.1, -0.05) is 47.7 Å². The normalized spacial score (nSPS) is 14.3. The Morgan fingerprint density at radius 3 is 2.45 bits per heavy atom. The number of alkyl halides is 3. The van der Waals surface area contributed by atoms with Crippen LogP contribution in [0.5, 0.6) is 17.2 Å². The molecule has 1 aliphatic heterocycles. The topological polar surface area (TPSA) is 88.5 Å². The van der Waals surface area contributed by atoms with E-state index in [9.17, 15) is 22.8 Å². The Morgan fingerprint density at radius 1 is 1.04 bits per heavy atom. The first-order valence-corrected chi connectivity index (χ1v) is 15.9. The van der Waals surface area contributed by atoms with Gasteiger partial charge in [-0.25, -0.2) is 0 Å². The Morgan fingerprint density at radius 2 is 1.77 bits per heavy atom. The number of ether oxygens (including phenoxy) is 3. The van der Waals surface area contributed by atoms with E-state index < -0.39 is 17.7 Å². The van der Waals surface area contributed by atoms with Gasteiger partial charge in [0.05, 0.1) is 30.6 Å². The summed E-state index contributed by atoms with van der Waals surface area (Å²) in [6, 6.07) is 12.9. The molecule has 3 aromatic carbocycles. The predicted molar refractivity (Wildman–Crippen MR) is 180 cm³/mol. The van der Waals surface area contributed by atoms with Crippen molar-refractivity contribution in [2.45, 2.75) is 19.0 Å². The van der Waals surface area contributed by atoms with E-state index >= 15 is 0 Å². The third-order valence-corrected chi connectivity index (χ3v) is 8.65. The maximum absolute atomic E-state index is 13.5. The van der Waals surface area contributed by atoms with Crippen LogP contribution in [0.1, 0.15) is 23.1 Å². The Hall–Kier alpha value is -3.78. The van der Waals surface area contributed by atoms with Gasteiger partial charge in [-0.15, -0.1) is 0 Å². The van der Waals surface area contributed by atoms with Crippen LogP contribution in [0.15, 0.2) is 59.5 Å². The fourth-order valence-electron chi connectivity index (χ4n) is 4.58. The molecule has 1 N–H and O–H groups in total. The van der Waals surface area contributed by atoms with Crippen LogP contribution in [-0.2, 0) is 22.2 Å². The van der Waals surface area contributed by atoms with Crippen molar-refractivity contribution in [2.75, 3.05) is 47.5 Å². The van der Waals surface area contributed by atoms with Crippen LogP contribution in [0, 0.1) is 0 Å². The van der Waals surface area contributed by atoms with Crippen molar-refractivity contribution in [1.82, 2.24) is 9.80 Å². The van der Waals surface area contributed by atoms with Crippen LogP contribution in [0.4, 0.5) is 13.2 Å². The number of amides is 1. The van der Waals surface area contributed by atoms with Crippen LogP contribution >= 0.6 is 35.6 Å². The second-order valence-corrected chi connectivity index (χ2v) is 12.8. The van der Waals surface area contributed by atoms with E-state index in [1.807, 2.05) is 19.0 Å². The molecule has 0 spiro atoms. The molecule has 1 saturated heterocycles. The minimum absolute atomic E-state index is 0.144. The van der Waals surface area contributed by atoms with Gasteiger partial charge < -0.3 is 24.2 Å². The van der Waals surface area contributed by atoms with Crippen LogP contribution in [-0.4, -0.2) is 78.6 Å². The molecule has 0 atom stereocenters. The summed E-state index contributed by atoms with van der Waals surface area (Å²) in [5, 5.41) is 9.23. The second kappa shape index (κ2) is 15.9. The summed E-state index contributed by atoms with van der Waals surface area (Å²) in [4.78, 5) is 28.3. The second-order valence-electron chi connectivity index (χ2n) is 10.7. The maximum Gasteiger partial charge on any atom is 0.416 e. The van der Waals surface area contributed by atoms with Gasteiger partial charge in [-0.2, -0.15) is 13.2 Å². The summed E-state index contributed by atoms with van der Waals surface area (Å²) in [5.74, 6) is -0.0230. The molecule has 47 heavy (non-hydrogen) atoms. The molecule has 0 aliphatic carbocycles. The van der Waals surface area contributed by atoms with Gasteiger partial charge in [-0.3, -0.25) is 14.5 Å². The number of hydrogen-bond donors (Lipinski definition) is 1. The minimum atomic E-state index is -4.55. The molecule has 0 radical (unpaired) electrons. The Labute approximate surface area is 285 Å². The highest BCUT2D eigenvalue weighted by atomic mass is 35.5. The number of rotatable bonds is 14. The highest BCUT2D eigenvalue weighted by molar-refractivity contribution is 8.26. The number of carboxylic acid groups (broad SMARTS) is 1. The molecule has 1 aliphatic rings. The number of aliphatic carboxylic acids is 1. The molecule has 250 valence electrons. The zero-order chi connectivity index (χ0) is 34.3. The third kappa shape index (κ3) is 9.63. The Bertz CT molecular complexity index is 1680. The van der Waals surface area contributed by atoms with Gasteiger partial charge in [0.1, 0.15) is 16.7 Å². The first-order valence-electron chi connectivity index (χ1n) is 14.3. The highest BCUT2D eigenvalue weighted by Crippen LogP contribution is 2.39. The smallest absolute Gasteiger partial charge is 0.416 e. The van der Waals surface area contributed by atoms with Crippen molar-refractivity contribution >= 4 is 57.9 Å². The molecule has 0 saturated carbocycles. The Kier molecular flexibility index (Phi) is 12.2. The molecular formula is C33H32ClF3N2O6S2. The number of nitrogens with zero attached hydrogens (tertiary/aromatic N) is 2. The van der Waals surface area contributed by atoms with E-state index in [0.717, 1.165) is 23.9 Å². The van der Waals surface area contributed by atoms with Crippen molar-refractivity contribution in [3.8, 4) is 28.4 Å². The first kappa shape index (κ1) is 36.1. The highest BCUT2D eigenvalue weighted by Gasteiger charge is 2.33. The van der Waals surface area contributed by atoms with Crippen LogP contribution in [0.2, 0.25) is 5.02 Å². The average Bonchev–Trinajstić information content (AvgIpc) is 3.26. The fraction of sp³-hybridized carbons (Fsp3) is 0.303. The quantitative estimate of drug-likeness (QED) is 0.106. The van der Waals surface area contributed by atoms with Gasteiger partial charge in [0.15, 0.2) is 11.5 Å². The Balaban J connectivity index is 1.53. The van der Waals surface area contributed by atoms with Gasteiger partial charge in [0.2, 0.25) is 0 Å². The van der Waals surface area contributed by atoms with Gasteiger partial charge in [0.25, 0.3) is 5.91 Å². The average molecular weight is 709 g/mol. The van der Waals surface area contributed by atoms with Crippen LogP contribution in [0.25, 0.3) is 17.2 Å². The molecule has 14 heteroatoms. The first-order chi connectivity index (χ1) is 22.3.